The second-order valence-electron chi connectivity index (χ2n) is 6.64. The maximum absolute atomic E-state index is 12.8. The van der Waals surface area contributed by atoms with Gasteiger partial charge in [-0.05, 0) is 52.5 Å². The minimum Gasteiger partial charge on any atom is -0.445 e. The van der Waals surface area contributed by atoms with E-state index >= 15 is 0 Å². The monoisotopic (exact) mass is 477 g/mol. The van der Waals surface area contributed by atoms with Gasteiger partial charge in [0, 0.05) is 23.6 Å². The van der Waals surface area contributed by atoms with E-state index in [1.807, 2.05) is 36.4 Å². The zero-order valence-electron chi connectivity index (χ0n) is 15.5. The number of sulfonamides is 1. The van der Waals surface area contributed by atoms with E-state index in [4.69, 9.17) is 10.00 Å². The smallest absolute Gasteiger partial charge is 0.407 e. The van der Waals surface area contributed by atoms with E-state index in [0.29, 0.717) is 36.0 Å². The lowest BCUT2D eigenvalue weighted by molar-refractivity contribution is 0.131. The van der Waals surface area contributed by atoms with Crippen LogP contribution in [0.2, 0.25) is 0 Å². The lowest BCUT2D eigenvalue weighted by Gasteiger charge is -2.31. The number of nitriles is 1. The number of rotatable bonds is 5. The average Bonchev–Trinajstić information content (AvgIpc) is 2.73. The number of amides is 1. The number of carbonyl (C=O) groups is 1. The highest BCUT2D eigenvalue weighted by Crippen LogP contribution is 2.25. The Morgan fingerprint density at radius 3 is 2.52 bits per heavy atom. The zero-order chi connectivity index (χ0) is 20.9. The fourth-order valence-electron chi connectivity index (χ4n) is 3.07. The maximum Gasteiger partial charge on any atom is 0.407 e. The summed E-state index contributed by atoms with van der Waals surface area (Å²) < 4.78 is 32.7. The molecule has 0 spiro atoms. The minimum atomic E-state index is -3.66. The van der Waals surface area contributed by atoms with Crippen LogP contribution in [-0.2, 0) is 21.4 Å². The van der Waals surface area contributed by atoms with E-state index in [2.05, 4.69) is 21.2 Å². The van der Waals surface area contributed by atoms with Crippen LogP contribution < -0.4 is 5.32 Å². The molecule has 0 atom stereocenters. The van der Waals surface area contributed by atoms with Crippen molar-refractivity contribution in [3.8, 4) is 6.07 Å². The Hall–Kier alpha value is -2.41. The molecule has 2 aromatic carbocycles. The van der Waals surface area contributed by atoms with Crippen molar-refractivity contribution < 1.29 is 17.9 Å². The van der Waals surface area contributed by atoms with Crippen molar-refractivity contribution in [2.45, 2.75) is 30.4 Å². The molecule has 7 nitrogen and oxygen atoms in total. The van der Waals surface area contributed by atoms with Crippen LogP contribution in [0.1, 0.15) is 24.0 Å². The van der Waals surface area contributed by atoms with Gasteiger partial charge in [-0.1, -0.05) is 30.3 Å². The van der Waals surface area contributed by atoms with Gasteiger partial charge >= 0.3 is 6.09 Å². The Balaban J connectivity index is 1.52. The van der Waals surface area contributed by atoms with Crippen LogP contribution in [0.4, 0.5) is 4.79 Å². The first-order valence-electron chi connectivity index (χ1n) is 9.07. The van der Waals surface area contributed by atoms with Crippen molar-refractivity contribution in [1.82, 2.24) is 9.62 Å². The van der Waals surface area contributed by atoms with Crippen LogP contribution in [0.15, 0.2) is 57.9 Å². The number of hydrogen-bond acceptors (Lipinski definition) is 5. The van der Waals surface area contributed by atoms with Gasteiger partial charge in [0.05, 0.1) is 10.5 Å². The molecular weight excluding hydrogens is 458 g/mol. The second-order valence-corrected chi connectivity index (χ2v) is 9.43. The molecule has 2 aromatic rings. The van der Waals surface area contributed by atoms with Crippen LogP contribution in [-0.4, -0.2) is 37.9 Å². The first-order valence-corrected chi connectivity index (χ1v) is 11.3. The molecule has 9 heteroatoms. The molecule has 0 radical (unpaired) electrons. The molecule has 0 aliphatic carbocycles. The van der Waals surface area contributed by atoms with Crippen LogP contribution in [0.3, 0.4) is 0 Å². The van der Waals surface area contributed by atoms with Crippen molar-refractivity contribution in [3.63, 3.8) is 0 Å². The average molecular weight is 478 g/mol. The predicted octanol–water partition coefficient (Wildman–Crippen LogP) is 3.40. The van der Waals surface area contributed by atoms with Gasteiger partial charge in [-0.2, -0.15) is 9.57 Å². The molecule has 1 fully saturated rings. The largest absolute Gasteiger partial charge is 0.445 e. The molecule has 0 saturated carbocycles. The van der Waals surface area contributed by atoms with E-state index in [1.54, 1.807) is 0 Å². The lowest BCUT2D eigenvalue weighted by Crippen LogP contribution is -2.46. The van der Waals surface area contributed by atoms with Crippen molar-refractivity contribution in [1.29, 1.82) is 5.26 Å². The number of benzene rings is 2. The summed E-state index contributed by atoms with van der Waals surface area (Å²) in [7, 11) is -3.66. The van der Waals surface area contributed by atoms with E-state index in [9.17, 15) is 13.2 Å². The number of ether oxygens (including phenoxy) is 1. The highest BCUT2D eigenvalue weighted by Gasteiger charge is 2.30. The number of piperidine rings is 1. The number of nitrogens with one attached hydrogen (secondary N) is 1. The number of alkyl carbamates (subject to hydrolysis) is 1. The summed E-state index contributed by atoms with van der Waals surface area (Å²) in [5, 5.41) is 11.8. The standard InChI is InChI=1S/C20H20BrN3O4S/c21-19-12-18(7-6-16(19)13-22)29(26,27)24-10-8-17(9-11-24)23-20(25)28-14-15-4-2-1-3-5-15/h1-7,12,17H,8-11,14H2,(H,23,25). The summed E-state index contributed by atoms with van der Waals surface area (Å²) in [5.41, 5.74) is 1.28. The summed E-state index contributed by atoms with van der Waals surface area (Å²) in [5.74, 6) is 0. The molecular formula is C20H20BrN3O4S. The quantitative estimate of drug-likeness (QED) is 0.710. The number of nitrogens with zero attached hydrogens (tertiary/aromatic N) is 2. The Kier molecular flexibility index (Phi) is 6.90. The SMILES string of the molecule is N#Cc1ccc(S(=O)(=O)N2CCC(NC(=O)OCc3ccccc3)CC2)cc1Br. The highest BCUT2D eigenvalue weighted by atomic mass is 79.9. The molecule has 0 unspecified atom stereocenters. The van der Waals surface area contributed by atoms with Crippen LogP contribution >= 0.6 is 15.9 Å². The van der Waals surface area contributed by atoms with Crippen molar-refractivity contribution in [2.75, 3.05) is 13.1 Å². The molecule has 152 valence electrons. The number of halogens is 1. The molecule has 0 bridgehead atoms. The van der Waals surface area contributed by atoms with Gasteiger partial charge in [-0.25, -0.2) is 13.2 Å². The molecule has 1 aliphatic heterocycles. The second kappa shape index (κ2) is 9.39. The Labute approximate surface area is 178 Å². The van der Waals surface area contributed by atoms with Crippen LogP contribution in [0.25, 0.3) is 0 Å². The molecule has 1 aliphatic rings. The van der Waals surface area contributed by atoms with Crippen LogP contribution in [0, 0.1) is 11.3 Å². The minimum absolute atomic E-state index is 0.136. The predicted molar refractivity (Wildman–Crippen MR) is 110 cm³/mol. The topological polar surface area (TPSA) is 99.5 Å². The molecule has 1 heterocycles. The fourth-order valence-corrected chi connectivity index (χ4v) is 5.18. The van der Waals surface area contributed by atoms with E-state index in [-0.39, 0.29) is 17.5 Å². The van der Waals surface area contributed by atoms with Gasteiger partial charge in [-0.3, -0.25) is 0 Å². The Morgan fingerprint density at radius 2 is 1.90 bits per heavy atom. The van der Waals surface area contributed by atoms with Crippen molar-refractivity contribution in [2.24, 2.45) is 0 Å². The Morgan fingerprint density at radius 1 is 1.21 bits per heavy atom. The van der Waals surface area contributed by atoms with Gasteiger partial charge in [0.2, 0.25) is 10.0 Å². The van der Waals surface area contributed by atoms with Crippen molar-refractivity contribution >= 4 is 32.0 Å². The molecule has 1 saturated heterocycles. The summed E-state index contributed by atoms with van der Waals surface area (Å²) in [6, 6.07) is 15.6. The van der Waals surface area contributed by atoms with E-state index in [1.165, 1.54) is 22.5 Å². The van der Waals surface area contributed by atoms with Gasteiger partial charge in [-0.15, -0.1) is 0 Å². The maximum atomic E-state index is 12.8. The van der Waals surface area contributed by atoms with Crippen LogP contribution in [0.5, 0.6) is 0 Å². The number of carbonyl (C=O) groups excluding carboxylic acids is 1. The normalized spacial score (nSPS) is 15.4. The van der Waals surface area contributed by atoms with Crippen molar-refractivity contribution in [3.05, 3.63) is 64.1 Å². The molecule has 1 N–H and O–H groups in total. The summed E-state index contributed by atoms with van der Waals surface area (Å²) in [4.78, 5) is 12.1. The first-order chi connectivity index (χ1) is 13.9. The third-order valence-corrected chi connectivity index (χ3v) is 7.24. The summed E-state index contributed by atoms with van der Waals surface area (Å²) in [6.45, 7) is 0.778. The summed E-state index contributed by atoms with van der Waals surface area (Å²) >= 11 is 3.23. The molecule has 0 aromatic heterocycles. The van der Waals surface area contributed by atoms with Gasteiger partial charge in [0.25, 0.3) is 0 Å². The number of hydrogen-bond donors (Lipinski definition) is 1. The fraction of sp³-hybridized carbons (Fsp3) is 0.300. The van der Waals surface area contributed by atoms with E-state index in [0.717, 1.165) is 5.56 Å². The third-order valence-electron chi connectivity index (χ3n) is 4.69. The zero-order valence-corrected chi connectivity index (χ0v) is 17.9. The summed E-state index contributed by atoms with van der Waals surface area (Å²) in [6.07, 6.45) is 0.486. The highest BCUT2D eigenvalue weighted by molar-refractivity contribution is 9.10. The molecule has 29 heavy (non-hydrogen) atoms. The van der Waals surface area contributed by atoms with Gasteiger partial charge in [0.1, 0.15) is 12.7 Å². The third kappa shape index (κ3) is 5.35. The first kappa shape index (κ1) is 21.3. The Bertz CT molecular complexity index is 1010. The van der Waals surface area contributed by atoms with Gasteiger partial charge in [0.15, 0.2) is 0 Å². The lowest BCUT2D eigenvalue weighted by atomic mass is 10.1. The van der Waals surface area contributed by atoms with Gasteiger partial charge < -0.3 is 10.1 Å². The molecule has 1 amide bonds. The molecule has 3 rings (SSSR count). The van der Waals surface area contributed by atoms with E-state index < -0.39 is 16.1 Å².